The van der Waals surface area contributed by atoms with Crippen molar-refractivity contribution in [3.05, 3.63) is 163 Å². The van der Waals surface area contributed by atoms with E-state index in [-0.39, 0.29) is 5.41 Å². The smallest absolute Gasteiger partial charge is 0.0635 e. The quantitative estimate of drug-likeness (QED) is 0.197. The molecule has 218 valence electrons. The summed E-state index contributed by atoms with van der Waals surface area (Å²) in [5, 5.41) is 2.40. The van der Waals surface area contributed by atoms with Crippen molar-refractivity contribution in [2.24, 2.45) is 0 Å². The summed E-state index contributed by atoms with van der Waals surface area (Å²) in [6, 6.07) is 43.9. The van der Waals surface area contributed by atoms with Gasteiger partial charge in [-0.15, -0.1) is 0 Å². The summed E-state index contributed by atoms with van der Waals surface area (Å²) < 4.78 is 4.69. The van der Waals surface area contributed by atoms with Gasteiger partial charge in [-0.2, -0.15) is 0 Å². The molecular formula is C42H35N3. The minimum absolute atomic E-state index is 0.104. The minimum atomic E-state index is -0.104. The molecule has 0 radical (unpaired) electrons. The average Bonchev–Trinajstić information content (AvgIpc) is 3.65. The van der Waals surface area contributed by atoms with Gasteiger partial charge in [0.2, 0.25) is 0 Å². The number of allylic oxidation sites excluding steroid dienone is 1. The van der Waals surface area contributed by atoms with Crippen molar-refractivity contribution in [1.82, 2.24) is 9.13 Å². The fraction of sp³-hybridized carbons (Fsp3) is 0.0952. The Bertz CT molecular complexity index is 2230. The van der Waals surface area contributed by atoms with Gasteiger partial charge in [0.25, 0.3) is 0 Å². The SMILES string of the molecule is C=Cc1c(/C=C\C)n(-c2cccc(N3c4ccccc4C(C)(C)c4ccccc43)c2)c2c1ccc1c2ccn1-c1ccccc1. The van der Waals surface area contributed by atoms with E-state index in [1.165, 1.54) is 44.3 Å². The highest BCUT2D eigenvalue weighted by atomic mass is 15.2. The maximum Gasteiger partial charge on any atom is 0.0635 e. The van der Waals surface area contributed by atoms with E-state index in [0.29, 0.717) is 0 Å². The molecular weight excluding hydrogens is 546 g/mol. The summed E-state index contributed by atoms with van der Waals surface area (Å²) in [5.41, 5.74) is 13.0. The fourth-order valence-electron chi connectivity index (χ4n) is 7.38. The highest BCUT2D eigenvalue weighted by Gasteiger charge is 2.36. The number of rotatable bonds is 5. The zero-order valence-corrected chi connectivity index (χ0v) is 25.9. The molecule has 2 aromatic heterocycles. The summed E-state index contributed by atoms with van der Waals surface area (Å²) in [4.78, 5) is 2.43. The molecule has 0 atom stereocenters. The normalized spacial score (nSPS) is 13.8. The topological polar surface area (TPSA) is 13.1 Å². The molecule has 0 fully saturated rings. The molecule has 1 aliphatic heterocycles. The van der Waals surface area contributed by atoms with E-state index >= 15 is 0 Å². The van der Waals surface area contributed by atoms with Crippen LogP contribution in [-0.2, 0) is 5.41 Å². The minimum Gasteiger partial charge on any atom is -0.316 e. The first-order chi connectivity index (χ1) is 22.0. The highest BCUT2D eigenvalue weighted by molar-refractivity contribution is 6.11. The fourth-order valence-corrected chi connectivity index (χ4v) is 7.38. The van der Waals surface area contributed by atoms with Crippen LogP contribution in [0.15, 0.2) is 140 Å². The molecule has 45 heavy (non-hydrogen) atoms. The first kappa shape index (κ1) is 27.0. The summed E-state index contributed by atoms with van der Waals surface area (Å²) in [7, 11) is 0. The maximum absolute atomic E-state index is 4.26. The van der Waals surface area contributed by atoms with Gasteiger partial charge in [-0.1, -0.05) is 99.3 Å². The zero-order valence-electron chi connectivity index (χ0n) is 25.9. The summed E-state index contributed by atoms with van der Waals surface area (Å²) in [5.74, 6) is 0. The number of aromatic nitrogens is 2. The summed E-state index contributed by atoms with van der Waals surface area (Å²) in [6.07, 6.45) is 8.50. The van der Waals surface area contributed by atoms with E-state index in [1.54, 1.807) is 0 Å². The van der Waals surface area contributed by atoms with Gasteiger partial charge in [0.15, 0.2) is 0 Å². The third kappa shape index (κ3) is 3.97. The Labute approximate surface area is 264 Å². The Morgan fingerprint density at radius 2 is 1.29 bits per heavy atom. The summed E-state index contributed by atoms with van der Waals surface area (Å²) >= 11 is 0. The van der Waals surface area contributed by atoms with Crippen LogP contribution in [-0.4, -0.2) is 9.13 Å². The van der Waals surface area contributed by atoms with Crippen LogP contribution >= 0.6 is 0 Å². The number of benzene rings is 5. The number of hydrogen-bond donors (Lipinski definition) is 0. The second kappa shape index (κ2) is 10.3. The lowest BCUT2D eigenvalue weighted by atomic mass is 9.73. The van der Waals surface area contributed by atoms with Crippen LogP contribution in [0, 0.1) is 0 Å². The van der Waals surface area contributed by atoms with E-state index in [2.05, 4.69) is 181 Å². The molecule has 0 aliphatic carbocycles. The van der Waals surface area contributed by atoms with Crippen molar-refractivity contribution in [2.45, 2.75) is 26.2 Å². The van der Waals surface area contributed by atoms with Crippen LogP contribution in [0.5, 0.6) is 0 Å². The highest BCUT2D eigenvalue weighted by Crippen LogP contribution is 2.52. The Hall–Kier alpha value is -5.54. The van der Waals surface area contributed by atoms with Gasteiger partial charge in [0.1, 0.15) is 0 Å². The molecule has 0 unspecified atom stereocenters. The Kier molecular flexibility index (Phi) is 6.18. The van der Waals surface area contributed by atoms with Crippen molar-refractivity contribution < 1.29 is 0 Å². The molecule has 0 amide bonds. The first-order valence-electron chi connectivity index (χ1n) is 15.6. The monoisotopic (exact) mass is 581 g/mol. The van der Waals surface area contributed by atoms with Crippen LogP contribution in [0.2, 0.25) is 0 Å². The van der Waals surface area contributed by atoms with Crippen molar-refractivity contribution >= 4 is 51.0 Å². The average molecular weight is 582 g/mol. The van der Waals surface area contributed by atoms with Crippen molar-refractivity contribution in [2.75, 3.05) is 4.90 Å². The predicted molar refractivity (Wildman–Crippen MR) is 192 cm³/mol. The lowest BCUT2D eigenvalue weighted by Gasteiger charge is -2.42. The van der Waals surface area contributed by atoms with Crippen LogP contribution in [0.25, 0.3) is 45.3 Å². The van der Waals surface area contributed by atoms with Crippen LogP contribution in [0.1, 0.15) is 43.2 Å². The molecule has 0 bridgehead atoms. The van der Waals surface area contributed by atoms with Crippen molar-refractivity contribution in [3.8, 4) is 11.4 Å². The third-order valence-corrected chi connectivity index (χ3v) is 9.42. The molecule has 7 aromatic rings. The van der Waals surface area contributed by atoms with E-state index < -0.39 is 0 Å². The summed E-state index contributed by atoms with van der Waals surface area (Å²) in [6.45, 7) is 11.0. The molecule has 0 spiro atoms. The van der Waals surface area contributed by atoms with E-state index in [4.69, 9.17) is 0 Å². The molecule has 3 nitrogen and oxygen atoms in total. The largest absolute Gasteiger partial charge is 0.316 e. The van der Waals surface area contributed by atoms with Gasteiger partial charge in [0.05, 0.1) is 28.1 Å². The lowest BCUT2D eigenvalue weighted by molar-refractivity contribution is 0.632. The molecule has 8 rings (SSSR count). The maximum atomic E-state index is 4.26. The number of fused-ring (bicyclic) bond motifs is 5. The van der Waals surface area contributed by atoms with Crippen LogP contribution in [0.3, 0.4) is 0 Å². The number of para-hydroxylation sites is 3. The Balaban J connectivity index is 1.40. The van der Waals surface area contributed by atoms with Crippen LogP contribution < -0.4 is 4.90 Å². The van der Waals surface area contributed by atoms with Crippen molar-refractivity contribution in [3.63, 3.8) is 0 Å². The molecule has 1 aliphatic rings. The van der Waals surface area contributed by atoms with Gasteiger partial charge >= 0.3 is 0 Å². The first-order valence-corrected chi connectivity index (χ1v) is 15.6. The van der Waals surface area contributed by atoms with Gasteiger partial charge in [-0.05, 0) is 78.7 Å². The second-order valence-corrected chi connectivity index (χ2v) is 12.3. The molecule has 0 saturated carbocycles. The number of nitrogens with zero attached hydrogens (tertiary/aromatic N) is 3. The van der Waals surface area contributed by atoms with Crippen molar-refractivity contribution in [1.29, 1.82) is 0 Å². The zero-order chi connectivity index (χ0) is 30.7. The standard InChI is InChI=1S/C42H35N3/c1-5-15-38-32(6-2)33-24-25-37-34(26-27-43(37)29-16-8-7-9-17-29)41(33)45(38)31-19-14-18-30(28-31)44-39-22-12-10-20-35(39)42(3,4)36-21-11-13-23-40(36)44/h5-28H,2H2,1,3-4H3/b15-5-. The molecule has 5 aromatic carbocycles. The second-order valence-electron chi connectivity index (χ2n) is 12.3. The van der Waals surface area contributed by atoms with E-state index in [1.807, 2.05) is 6.08 Å². The van der Waals surface area contributed by atoms with Gasteiger partial charge < -0.3 is 14.0 Å². The Morgan fingerprint density at radius 3 is 1.98 bits per heavy atom. The van der Waals surface area contributed by atoms with Crippen LogP contribution in [0.4, 0.5) is 17.1 Å². The van der Waals surface area contributed by atoms with Gasteiger partial charge in [0, 0.05) is 45.0 Å². The predicted octanol–water partition coefficient (Wildman–Crippen LogP) is 11.4. The molecule has 0 saturated heterocycles. The third-order valence-electron chi connectivity index (χ3n) is 9.42. The number of hydrogen-bond acceptors (Lipinski definition) is 1. The number of anilines is 3. The lowest BCUT2D eigenvalue weighted by Crippen LogP contribution is -2.30. The Morgan fingerprint density at radius 1 is 0.644 bits per heavy atom. The molecule has 0 N–H and O–H groups in total. The molecule has 3 heteroatoms. The van der Waals surface area contributed by atoms with E-state index in [9.17, 15) is 0 Å². The van der Waals surface area contributed by atoms with Gasteiger partial charge in [-0.25, -0.2) is 0 Å². The molecule has 3 heterocycles. The van der Waals surface area contributed by atoms with Gasteiger partial charge in [-0.3, -0.25) is 0 Å². The van der Waals surface area contributed by atoms with E-state index in [0.717, 1.165) is 28.3 Å².